The number of benzene rings is 2. The van der Waals surface area contributed by atoms with Crippen LogP contribution in [0.5, 0.6) is 11.5 Å². The van der Waals surface area contributed by atoms with Crippen LogP contribution in [0.15, 0.2) is 36.4 Å². The van der Waals surface area contributed by atoms with Gasteiger partial charge in [-0.25, -0.2) is 13.2 Å². The van der Waals surface area contributed by atoms with Crippen LogP contribution in [0.3, 0.4) is 0 Å². The highest BCUT2D eigenvalue weighted by Gasteiger charge is 2.10. The molecule has 0 saturated carbocycles. The predicted molar refractivity (Wildman–Crippen MR) is 73.3 cm³/mol. The first kappa shape index (κ1) is 15.0. The second kappa shape index (κ2) is 6.88. The van der Waals surface area contributed by atoms with E-state index in [1.807, 2.05) is 6.07 Å². The molecule has 0 amide bonds. The van der Waals surface area contributed by atoms with E-state index in [9.17, 15) is 13.2 Å². The summed E-state index contributed by atoms with van der Waals surface area (Å²) in [5, 5.41) is 2.75. The second-order valence-corrected chi connectivity index (χ2v) is 4.18. The summed E-state index contributed by atoms with van der Waals surface area (Å²) in [6.45, 7) is 0.545. The first-order valence-electron chi connectivity index (χ1n) is 6.26. The molecule has 0 bridgehead atoms. The van der Waals surface area contributed by atoms with Gasteiger partial charge in [0.15, 0.2) is 29.0 Å². The van der Waals surface area contributed by atoms with Crippen molar-refractivity contribution < 1.29 is 22.6 Å². The summed E-state index contributed by atoms with van der Waals surface area (Å²) in [6, 6.07) is 8.90. The van der Waals surface area contributed by atoms with Crippen LogP contribution in [-0.2, 0) is 0 Å². The summed E-state index contributed by atoms with van der Waals surface area (Å²) in [4.78, 5) is 0. The lowest BCUT2D eigenvalue weighted by Crippen LogP contribution is -2.12. The largest absolute Gasteiger partial charge is 0.493 e. The maximum Gasteiger partial charge on any atom is 0.194 e. The lowest BCUT2D eigenvalue weighted by molar-refractivity contribution is 0.306. The molecule has 21 heavy (non-hydrogen) atoms. The van der Waals surface area contributed by atoms with Crippen molar-refractivity contribution in [2.45, 2.75) is 0 Å². The highest BCUT2D eigenvalue weighted by Crippen LogP contribution is 2.25. The van der Waals surface area contributed by atoms with Crippen LogP contribution in [0, 0.1) is 17.5 Å². The summed E-state index contributed by atoms with van der Waals surface area (Å²) in [7, 11) is 1.53. The molecule has 0 unspecified atom stereocenters. The maximum atomic E-state index is 13.0. The maximum absolute atomic E-state index is 13.0. The summed E-state index contributed by atoms with van der Waals surface area (Å²) in [5.74, 6) is -2.79. The fraction of sp³-hybridized carbons (Fsp3) is 0.200. The van der Waals surface area contributed by atoms with Gasteiger partial charge in [-0.15, -0.1) is 0 Å². The van der Waals surface area contributed by atoms with Gasteiger partial charge in [0.1, 0.15) is 6.61 Å². The number of hydrogen-bond acceptors (Lipinski definition) is 3. The Hall–Kier alpha value is -2.37. The first-order chi connectivity index (χ1) is 10.1. The minimum Gasteiger partial charge on any atom is -0.493 e. The van der Waals surface area contributed by atoms with E-state index in [0.29, 0.717) is 18.0 Å². The molecule has 0 radical (unpaired) electrons. The van der Waals surface area contributed by atoms with E-state index >= 15 is 0 Å². The molecule has 0 heterocycles. The van der Waals surface area contributed by atoms with E-state index in [-0.39, 0.29) is 12.3 Å². The molecule has 112 valence electrons. The number of hydrogen-bond donors (Lipinski definition) is 1. The normalized spacial score (nSPS) is 10.3. The summed E-state index contributed by atoms with van der Waals surface area (Å²) in [5.41, 5.74) is 0.148. The second-order valence-electron chi connectivity index (χ2n) is 4.18. The zero-order valence-corrected chi connectivity index (χ0v) is 11.3. The van der Waals surface area contributed by atoms with Crippen molar-refractivity contribution in [2.24, 2.45) is 0 Å². The van der Waals surface area contributed by atoms with E-state index in [0.717, 1.165) is 12.1 Å². The Kier molecular flexibility index (Phi) is 4.92. The van der Waals surface area contributed by atoms with Crippen LogP contribution in [0.1, 0.15) is 0 Å². The van der Waals surface area contributed by atoms with Crippen molar-refractivity contribution >= 4 is 5.69 Å². The fourth-order valence-electron chi connectivity index (χ4n) is 1.75. The molecule has 0 aliphatic carbocycles. The number of para-hydroxylation sites is 2. The van der Waals surface area contributed by atoms with Crippen molar-refractivity contribution in [2.75, 3.05) is 25.6 Å². The molecular weight excluding hydrogens is 283 g/mol. The van der Waals surface area contributed by atoms with Gasteiger partial charge in [0.2, 0.25) is 0 Å². The minimum absolute atomic E-state index is 0.148. The Balaban J connectivity index is 1.88. The molecule has 1 N–H and O–H groups in total. The molecule has 0 saturated heterocycles. The molecule has 6 heteroatoms. The van der Waals surface area contributed by atoms with Crippen molar-refractivity contribution in [3.8, 4) is 11.5 Å². The van der Waals surface area contributed by atoms with Crippen molar-refractivity contribution in [1.29, 1.82) is 0 Å². The van der Waals surface area contributed by atoms with Crippen molar-refractivity contribution in [3.05, 3.63) is 53.8 Å². The van der Waals surface area contributed by atoms with E-state index < -0.39 is 17.5 Å². The molecule has 2 aromatic rings. The smallest absolute Gasteiger partial charge is 0.194 e. The number of rotatable bonds is 6. The molecule has 0 aliphatic heterocycles. The van der Waals surface area contributed by atoms with E-state index in [2.05, 4.69) is 5.32 Å². The SMILES string of the molecule is COc1ccccc1OCCNc1cc(F)c(F)c(F)c1. The van der Waals surface area contributed by atoms with Gasteiger partial charge in [0.25, 0.3) is 0 Å². The van der Waals surface area contributed by atoms with Gasteiger partial charge in [0.05, 0.1) is 7.11 Å². The van der Waals surface area contributed by atoms with Gasteiger partial charge < -0.3 is 14.8 Å². The quantitative estimate of drug-likeness (QED) is 0.653. The standard InChI is InChI=1S/C15H14F3NO2/c1-20-13-4-2-3-5-14(13)21-7-6-19-10-8-11(16)15(18)12(17)9-10/h2-5,8-9,19H,6-7H2,1H3. The first-order valence-corrected chi connectivity index (χ1v) is 6.26. The fourth-order valence-corrected chi connectivity index (χ4v) is 1.75. The third-order valence-corrected chi connectivity index (χ3v) is 2.74. The van der Waals surface area contributed by atoms with E-state index in [1.54, 1.807) is 18.2 Å². The van der Waals surface area contributed by atoms with Gasteiger partial charge in [-0.3, -0.25) is 0 Å². The van der Waals surface area contributed by atoms with Crippen LogP contribution in [0.4, 0.5) is 18.9 Å². The highest BCUT2D eigenvalue weighted by molar-refractivity contribution is 5.44. The van der Waals surface area contributed by atoms with E-state index in [4.69, 9.17) is 9.47 Å². The lowest BCUT2D eigenvalue weighted by atomic mass is 10.3. The Morgan fingerprint density at radius 1 is 1.00 bits per heavy atom. The highest BCUT2D eigenvalue weighted by atomic mass is 19.2. The molecular formula is C15H14F3NO2. The van der Waals surface area contributed by atoms with Gasteiger partial charge in [-0.05, 0) is 12.1 Å². The number of nitrogens with one attached hydrogen (secondary N) is 1. The lowest BCUT2D eigenvalue weighted by Gasteiger charge is -2.11. The average molecular weight is 297 g/mol. The van der Waals surface area contributed by atoms with Gasteiger partial charge in [0, 0.05) is 24.4 Å². The third-order valence-electron chi connectivity index (χ3n) is 2.74. The van der Waals surface area contributed by atoms with Crippen molar-refractivity contribution in [1.82, 2.24) is 0 Å². The monoisotopic (exact) mass is 297 g/mol. The molecule has 0 aromatic heterocycles. The zero-order valence-electron chi connectivity index (χ0n) is 11.3. The number of anilines is 1. The molecule has 0 atom stereocenters. The molecule has 2 aromatic carbocycles. The van der Waals surface area contributed by atoms with E-state index in [1.165, 1.54) is 7.11 Å². The van der Waals surface area contributed by atoms with Gasteiger partial charge in [-0.1, -0.05) is 12.1 Å². The predicted octanol–water partition coefficient (Wildman–Crippen LogP) is 3.60. The Labute approximate surface area is 120 Å². The summed E-state index contributed by atoms with van der Waals surface area (Å²) in [6.07, 6.45) is 0. The Morgan fingerprint density at radius 3 is 2.24 bits per heavy atom. The summed E-state index contributed by atoms with van der Waals surface area (Å²) < 4.78 is 49.4. The molecule has 2 rings (SSSR count). The summed E-state index contributed by atoms with van der Waals surface area (Å²) >= 11 is 0. The van der Waals surface area contributed by atoms with Crippen LogP contribution in [0.2, 0.25) is 0 Å². The zero-order chi connectivity index (χ0) is 15.2. The van der Waals surface area contributed by atoms with Gasteiger partial charge in [-0.2, -0.15) is 0 Å². The number of methoxy groups -OCH3 is 1. The molecule has 0 fully saturated rings. The third kappa shape index (κ3) is 3.81. The van der Waals surface area contributed by atoms with Crippen LogP contribution >= 0.6 is 0 Å². The van der Waals surface area contributed by atoms with Gasteiger partial charge >= 0.3 is 0 Å². The molecule has 0 spiro atoms. The Bertz CT molecular complexity index is 597. The van der Waals surface area contributed by atoms with Crippen LogP contribution < -0.4 is 14.8 Å². The van der Waals surface area contributed by atoms with Crippen molar-refractivity contribution in [3.63, 3.8) is 0 Å². The topological polar surface area (TPSA) is 30.5 Å². The average Bonchev–Trinajstić information content (AvgIpc) is 2.49. The number of ether oxygens (including phenoxy) is 2. The van der Waals surface area contributed by atoms with Crippen LogP contribution in [0.25, 0.3) is 0 Å². The molecule has 0 aliphatic rings. The van der Waals surface area contributed by atoms with Crippen LogP contribution in [-0.4, -0.2) is 20.3 Å². The molecule has 3 nitrogen and oxygen atoms in total. The Morgan fingerprint density at radius 2 is 1.62 bits per heavy atom. The number of halogens is 3. The minimum atomic E-state index is -1.48.